The van der Waals surface area contributed by atoms with Gasteiger partial charge in [0.05, 0.1) is 42.5 Å². The molecule has 2 aliphatic rings. The second kappa shape index (κ2) is 7.13. The lowest BCUT2D eigenvalue weighted by molar-refractivity contribution is -0.137. The summed E-state index contributed by atoms with van der Waals surface area (Å²) < 4.78 is 51.6. The normalized spacial score (nSPS) is 22.3. The van der Waals surface area contributed by atoms with Crippen molar-refractivity contribution in [3.63, 3.8) is 0 Å². The molecule has 28 heavy (non-hydrogen) atoms. The van der Waals surface area contributed by atoms with E-state index in [2.05, 4.69) is 0 Å². The summed E-state index contributed by atoms with van der Waals surface area (Å²) in [5, 5.41) is 8.94. The highest BCUT2D eigenvalue weighted by molar-refractivity contribution is 5.76. The SMILES string of the molecule is CC(C)(C)OC(=O)N1C2C=C(c3ccc(C#N)cc3C(F)(F)F)CC1COC2. The summed E-state index contributed by atoms with van der Waals surface area (Å²) in [4.78, 5) is 14.1. The van der Waals surface area contributed by atoms with Crippen LogP contribution in [0.2, 0.25) is 0 Å². The number of ether oxygens (including phenoxy) is 2. The van der Waals surface area contributed by atoms with E-state index < -0.39 is 35.5 Å². The van der Waals surface area contributed by atoms with E-state index in [1.54, 1.807) is 37.8 Å². The smallest absolute Gasteiger partial charge is 0.417 e. The molecule has 2 heterocycles. The van der Waals surface area contributed by atoms with Crippen LogP contribution in [0, 0.1) is 11.3 Å². The number of halogens is 3. The molecule has 3 rings (SSSR count). The third-order valence-corrected chi connectivity index (χ3v) is 4.60. The van der Waals surface area contributed by atoms with Crippen LogP contribution in [-0.4, -0.2) is 41.9 Å². The van der Waals surface area contributed by atoms with E-state index in [0.717, 1.165) is 6.07 Å². The number of nitrogens with zero attached hydrogens (tertiary/aromatic N) is 2. The van der Waals surface area contributed by atoms with Gasteiger partial charge in [0.1, 0.15) is 5.60 Å². The molecular weight excluding hydrogens is 373 g/mol. The lowest BCUT2D eigenvalue weighted by Gasteiger charge is -2.44. The largest absolute Gasteiger partial charge is 0.444 e. The molecule has 0 N–H and O–H groups in total. The Labute approximate surface area is 161 Å². The van der Waals surface area contributed by atoms with Gasteiger partial charge in [-0.1, -0.05) is 12.1 Å². The van der Waals surface area contributed by atoms with Crippen LogP contribution in [0.15, 0.2) is 24.3 Å². The topological polar surface area (TPSA) is 62.6 Å². The van der Waals surface area contributed by atoms with Gasteiger partial charge in [0.25, 0.3) is 0 Å². The lowest BCUT2D eigenvalue weighted by Crippen LogP contribution is -2.57. The number of nitriles is 1. The van der Waals surface area contributed by atoms with Crippen LogP contribution in [0.5, 0.6) is 0 Å². The Bertz CT molecular complexity index is 850. The Balaban J connectivity index is 1.98. The average Bonchev–Trinajstić information content (AvgIpc) is 2.57. The van der Waals surface area contributed by atoms with Gasteiger partial charge >= 0.3 is 12.3 Å². The molecule has 2 bridgehead atoms. The molecule has 8 heteroatoms. The summed E-state index contributed by atoms with van der Waals surface area (Å²) >= 11 is 0. The molecular formula is C20H21F3N2O3. The Morgan fingerprint density at radius 2 is 2.00 bits per heavy atom. The zero-order valence-electron chi connectivity index (χ0n) is 15.8. The van der Waals surface area contributed by atoms with Gasteiger partial charge in [-0.15, -0.1) is 0 Å². The number of morpholine rings is 1. The summed E-state index contributed by atoms with van der Waals surface area (Å²) in [6.07, 6.45) is -3.24. The van der Waals surface area contributed by atoms with Crippen LogP contribution in [0.4, 0.5) is 18.0 Å². The minimum absolute atomic E-state index is 0.0345. The van der Waals surface area contributed by atoms with Gasteiger partial charge in [-0.05, 0) is 50.5 Å². The highest BCUT2D eigenvalue weighted by atomic mass is 19.4. The molecule has 2 unspecified atom stereocenters. The first-order valence-electron chi connectivity index (χ1n) is 8.91. The van der Waals surface area contributed by atoms with E-state index in [-0.39, 0.29) is 30.8 Å². The number of hydrogen-bond acceptors (Lipinski definition) is 4. The second-order valence-corrected chi connectivity index (χ2v) is 7.91. The summed E-state index contributed by atoms with van der Waals surface area (Å²) in [6, 6.07) is 4.39. The third-order valence-electron chi connectivity index (χ3n) is 4.60. The van der Waals surface area contributed by atoms with E-state index in [4.69, 9.17) is 14.7 Å². The van der Waals surface area contributed by atoms with Gasteiger partial charge in [0, 0.05) is 0 Å². The van der Waals surface area contributed by atoms with Crippen LogP contribution >= 0.6 is 0 Å². The molecule has 5 nitrogen and oxygen atoms in total. The Kier molecular flexibility index (Phi) is 5.15. The van der Waals surface area contributed by atoms with Crippen LogP contribution in [0.25, 0.3) is 5.57 Å². The van der Waals surface area contributed by atoms with Crippen LogP contribution in [0.1, 0.15) is 43.9 Å². The lowest BCUT2D eigenvalue weighted by atomic mass is 9.87. The van der Waals surface area contributed by atoms with Crippen LogP contribution in [-0.2, 0) is 15.7 Å². The average molecular weight is 394 g/mol. The zero-order valence-corrected chi connectivity index (χ0v) is 15.8. The number of carbonyl (C=O) groups is 1. The first-order chi connectivity index (χ1) is 13.0. The minimum atomic E-state index is -4.59. The van der Waals surface area contributed by atoms with Crippen molar-refractivity contribution in [1.29, 1.82) is 5.26 Å². The van der Waals surface area contributed by atoms with Crippen molar-refractivity contribution in [1.82, 2.24) is 4.90 Å². The number of benzene rings is 1. The second-order valence-electron chi connectivity index (χ2n) is 7.91. The molecule has 2 aliphatic heterocycles. The third kappa shape index (κ3) is 4.14. The molecule has 1 saturated heterocycles. The van der Waals surface area contributed by atoms with Gasteiger partial charge in [-0.25, -0.2) is 4.79 Å². The quantitative estimate of drug-likeness (QED) is 0.710. The van der Waals surface area contributed by atoms with Gasteiger partial charge < -0.3 is 9.47 Å². The van der Waals surface area contributed by atoms with Crippen molar-refractivity contribution in [2.45, 2.75) is 51.1 Å². The van der Waals surface area contributed by atoms with Crippen molar-refractivity contribution in [3.8, 4) is 6.07 Å². The summed E-state index contributed by atoms with van der Waals surface area (Å²) in [5.41, 5.74) is -1.04. The maximum atomic E-state index is 13.6. The fraction of sp³-hybridized carbons (Fsp3) is 0.500. The van der Waals surface area contributed by atoms with Crippen molar-refractivity contribution >= 4 is 11.7 Å². The number of amides is 1. The summed E-state index contributed by atoms with van der Waals surface area (Å²) in [5.74, 6) is 0. The zero-order chi connectivity index (χ0) is 20.7. The minimum Gasteiger partial charge on any atom is -0.444 e. The van der Waals surface area contributed by atoms with Gasteiger partial charge in [-0.3, -0.25) is 4.90 Å². The number of alkyl halides is 3. The maximum Gasteiger partial charge on any atom is 0.417 e. The standard InChI is InChI=1S/C20H21F3N2O3/c1-19(2,3)28-18(26)25-14-7-13(8-15(25)11-27-10-14)16-5-4-12(9-24)6-17(16)20(21,22)23/h4-7,14-15H,8,10-11H2,1-3H3. The highest BCUT2D eigenvalue weighted by Gasteiger charge is 2.42. The molecule has 1 fully saturated rings. The molecule has 1 aromatic rings. The maximum absolute atomic E-state index is 13.6. The summed E-state index contributed by atoms with van der Waals surface area (Å²) in [6.45, 7) is 5.69. The Morgan fingerprint density at radius 1 is 1.29 bits per heavy atom. The molecule has 0 aliphatic carbocycles. The molecule has 0 radical (unpaired) electrons. The number of fused-ring (bicyclic) bond motifs is 2. The first kappa shape index (κ1) is 20.2. The van der Waals surface area contributed by atoms with Crippen molar-refractivity contribution in [3.05, 3.63) is 41.0 Å². The van der Waals surface area contributed by atoms with Crippen molar-refractivity contribution in [2.24, 2.45) is 0 Å². The molecule has 0 aromatic heterocycles. The molecule has 1 amide bonds. The van der Waals surface area contributed by atoms with Crippen LogP contribution in [0.3, 0.4) is 0 Å². The van der Waals surface area contributed by atoms with E-state index in [1.807, 2.05) is 0 Å². The van der Waals surface area contributed by atoms with Gasteiger partial charge in [0.15, 0.2) is 0 Å². The number of carbonyl (C=O) groups excluding carboxylic acids is 1. The summed E-state index contributed by atoms with van der Waals surface area (Å²) in [7, 11) is 0. The Morgan fingerprint density at radius 3 is 2.57 bits per heavy atom. The molecule has 0 spiro atoms. The van der Waals surface area contributed by atoms with E-state index in [1.165, 1.54) is 12.1 Å². The van der Waals surface area contributed by atoms with Gasteiger partial charge in [0.2, 0.25) is 0 Å². The monoisotopic (exact) mass is 394 g/mol. The van der Waals surface area contributed by atoms with Crippen molar-refractivity contribution < 1.29 is 27.4 Å². The van der Waals surface area contributed by atoms with Gasteiger partial charge in [-0.2, -0.15) is 18.4 Å². The van der Waals surface area contributed by atoms with E-state index in [0.29, 0.717) is 5.57 Å². The number of rotatable bonds is 1. The molecule has 0 saturated carbocycles. The predicted molar refractivity (Wildman–Crippen MR) is 95.2 cm³/mol. The Hall–Kier alpha value is -2.53. The molecule has 150 valence electrons. The first-order valence-corrected chi connectivity index (χ1v) is 8.91. The number of hydrogen-bond donors (Lipinski definition) is 0. The highest BCUT2D eigenvalue weighted by Crippen LogP contribution is 2.40. The fourth-order valence-electron chi connectivity index (χ4n) is 3.52. The fourth-order valence-corrected chi connectivity index (χ4v) is 3.52. The predicted octanol–water partition coefficient (Wildman–Crippen LogP) is 4.37. The van der Waals surface area contributed by atoms with E-state index in [9.17, 15) is 18.0 Å². The molecule has 2 atom stereocenters. The molecule has 1 aromatic carbocycles. The van der Waals surface area contributed by atoms with Crippen LogP contribution < -0.4 is 0 Å². The van der Waals surface area contributed by atoms with Crippen molar-refractivity contribution in [2.75, 3.05) is 13.2 Å². The van der Waals surface area contributed by atoms with E-state index >= 15 is 0 Å².